The monoisotopic (exact) mass is 370 g/mol. The van der Waals surface area contributed by atoms with Gasteiger partial charge >= 0.3 is 0 Å². The molecule has 1 heterocycles. The van der Waals surface area contributed by atoms with Crippen LogP contribution in [0.1, 0.15) is 19.3 Å². The maximum atomic E-state index is 12.1. The summed E-state index contributed by atoms with van der Waals surface area (Å²) >= 11 is 3.37. The Morgan fingerprint density at radius 2 is 1.95 bits per heavy atom. The van der Waals surface area contributed by atoms with Gasteiger partial charge in [0.25, 0.3) is 5.91 Å². The Labute approximate surface area is 139 Å². The Morgan fingerprint density at radius 3 is 2.59 bits per heavy atom. The lowest BCUT2D eigenvalue weighted by Gasteiger charge is -2.31. The number of ether oxygens (including phenoxy) is 2. The second-order valence-corrected chi connectivity index (χ2v) is 6.25. The highest BCUT2D eigenvalue weighted by molar-refractivity contribution is 9.10. The first-order valence-corrected chi connectivity index (χ1v) is 8.46. The fourth-order valence-corrected chi connectivity index (χ4v) is 2.64. The number of piperidine rings is 1. The number of nitrogens with two attached hydrogens (primary N) is 1. The zero-order valence-electron chi connectivity index (χ0n) is 12.7. The minimum Gasteiger partial charge on any atom is -0.484 e. The molecule has 0 bridgehead atoms. The summed E-state index contributed by atoms with van der Waals surface area (Å²) in [5, 5.41) is 0. The molecule has 1 aliphatic heterocycles. The summed E-state index contributed by atoms with van der Waals surface area (Å²) in [6, 6.07) is 7.47. The van der Waals surface area contributed by atoms with Crippen molar-refractivity contribution in [2.75, 3.05) is 32.8 Å². The molecule has 1 aromatic carbocycles. The third-order valence-electron chi connectivity index (χ3n) is 3.67. The van der Waals surface area contributed by atoms with E-state index in [4.69, 9.17) is 15.2 Å². The van der Waals surface area contributed by atoms with Crippen molar-refractivity contribution in [2.45, 2.75) is 25.4 Å². The Bertz CT molecular complexity index is 459. The number of hydrogen-bond donors (Lipinski definition) is 1. The van der Waals surface area contributed by atoms with Gasteiger partial charge in [0.15, 0.2) is 6.61 Å². The van der Waals surface area contributed by atoms with Crippen molar-refractivity contribution in [1.82, 2.24) is 4.90 Å². The van der Waals surface area contributed by atoms with Gasteiger partial charge in [-0.25, -0.2) is 0 Å². The summed E-state index contributed by atoms with van der Waals surface area (Å²) in [4.78, 5) is 14.0. The van der Waals surface area contributed by atoms with Crippen LogP contribution in [0.15, 0.2) is 28.7 Å². The van der Waals surface area contributed by atoms with Crippen LogP contribution < -0.4 is 10.5 Å². The molecule has 122 valence electrons. The van der Waals surface area contributed by atoms with Crippen LogP contribution in [0.5, 0.6) is 5.75 Å². The zero-order chi connectivity index (χ0) is 15.8. The molecule has 1 amide bonds. The van der Waals surface area contributed by atoms with Gasteiger partial charge < -0.3 is 20.1 Å². The van der Waals surface area contributed by atoms with Gasteiger partial charge in [0.2, 0.25) is 0 Å². The van der Waals surface area contributed by atoms with E-state index in [0.717, 1.165) is 36.8 Å². The number of halogens is 1. The van der Waals surface area contributed by atoms with Crippen LogP contribution in [0.3, 0.4) is 0 Å². The van der Waals surface area contributed by atoms with Crippen LogP contribution in [0.4, 0.5) is 0 Å². The smallest absolute Gasteiger partial charge is 0.260 e. The molecule has 0 spiro atoms. The molecule has 5 nitrogen and oxygen atoms in total. The van der Waals surface area contributed by atoms with E-state index >= 15 is 0 Å². The highest BCUT2D eigenvalue weighted by Gasteiger charge is 2.23. The molecule has 1 aromatic rings. The predicted octanol–water partition coefficient (Wildman–Crippen LogP) is 2.18. The van der Waals surface area contributed by atoms with Gasteiger partial charge in [-0.15, -0.1) is 0 Å². The molecular weight excluding hydrogens is 348 g/mol. The third kappa shape index (κ3) is 5.59. The summed E-state index contributed by atoms with van der Waals surface area (Å²) in [5.41, 5.74) is 5.45. The average molecular weight is 371 g/mol. The fourth-order valence-electron chi connectivity index (χ4n) is 2.37. The van der Waals surface area contributed by atoms with Gasteiger partial charge in [-0.2, -0.15) is 0 Å². The van der Waals surface area contributed by atoms with Crippen LogP contribution in [-0.2, 0) is 9.53 Å². The number of likely N-dealkylation sites (tertiary alicyclic amines) is 1. The van der Waals surface area contributed by atoms with Crippen LogP contribution in [0, 0.1) is 0 Å². The largest absolute Gasteiger partial charge is 0.484 e. The maximum absolute atomic E-state index is 12.1. The van der Waals surface area contributed by atoms with E-state index in [1.54, 1.807) is 0 Å². The number of benzene rings is 1. The van der Waals surface area contributed by atoms with Crippen LogP contribution in [-0.4, -0.2) is 49.8 Å². The topological polar surface area (TPSA) is 64.8 Å². The standard InChI is InChI=1S/C16H23BrN2O3/c17-13-2-4-14(5-3-13)22-12-16(20)19-9-6-15(7-10-19)21-11-1-8-18/h2-5,15H,1,6-12,18H2. The molecule has 0 aliphatic carbocycles. The number of nitrogens with zero attached hydrogens (tertiary/aromatic N) is 1. The second-order valence-electron chi connectivity index (χ2n) is 5.34. The van der Waals surface area contributed by atoms with Crippen molar-refractivity contribution >= 4 is 21.8 Å². The van der Waals surface area contributed by atoms with E-state index in [1.165, 1.54) is 0 Å². The molecule has 0 radical (unpaired) electrons. The average Bonchev–Trinajstić information content (AvgIpc) is 2.55. The SMILES string of the molecule is NCCCOC1CCN(C(=O)COc2ccc(Br)cc2)CC1. The van der Waals surface area contributed by atoms with Crippen molar-refractivity contribution in [1.29, 1.82) is 0 Å². The molecule has 1 fully saturated rings. The third-order valence-corrected chi connectivity index (χ3v) is 4.20. The Balaban J connectivity index is 1.67. The van der Waals surface area contributed by atoms with E-state index in [2.05, 4.69) is 15.9 Å². The van der Waals surface area contributed by atoms with Gasteiger partial charge in [-0.3, -0.25) is 4.79 Å². The number of carbonyl (C=O) groups is 1. The van der Waals surface area contributed by atoms with Crippen molar-refractivity contribution in [3.8, 4) is 5.75 Å². The first kappa shape index (κ1) is 17.2. The van der Waals surface area contributed by atoms with Crippen LogP contribution >= 0.6 is 15.9 Å². The Hall–Kier alpha value is -1.11. The van der Waals surface area contributed by atoms with E-state index < -0.39 is 0 Å². The van der Waals surface area contributed by atoms with E-state index in [1.807, 2.05) is 29.2 Å². The quantitative estimate of drug-likeness (QED) is 0.747. The predicted molar refractivity (Wildman–Crippen MR) is 88.9 cm³/mol. The molecule has 0 atom stereocenters. The molecule has 0 saturated carbocycles. The summed E-state index contributed by atoms with van der Waals surface area (Å²) in [5.74, 6) is 0.736. The van der Waals surface area contributed by atoms with E-state index in [-0.39, 0.29) is 18.6 Å². The first-order chi connectivity index (χ1) is 10.7. The Kier molecular flexibility index (Phi) is 7.15. The lowest BCUT2D eigenvalue weighted by Crippen LogP contribution is -2.43. The molecule has 2 rings (SSSR count). The molecule has 6 heteroatoms. The first-order valence-electron chi connectivity index (χ1n) is 7.67. The van der Waals surface area contributed by atoms with Gasteiger partial charge in [-0.1, -0.05) is 15.9 Å². The van der Waals surface area contributed by atoms with Crippen LogP contribution in [0.25, 0.3) is 0 Å². The van der Waals surface area contributed by atoms with Gasteiger partial charge in [0.1, 0.15) is 5.75 Å². The molecular formula is C16H23BrN2O3. The molecule has 1 saturated heterocycles. The molecule has 1 aliphatic rings. The maximum Gasteiger partial charge on any atom is 0.260 e. The highest BCUT2D eigenvalue weighted by atomic mass is 79.9. The molecule has 0 unspecified atom stereocenters. The second kappa shape index (κ2) is 9.12. The number of rotatable bonds is 7. The van der Waals surface area contributed by atoms with E-state index in [0.29, 0.717) is 18.9 Å². The van der Waals surface area contributed by atoms with Gasteiger partial charge in [0, 0.05) is 24.2 Å². The molecule has 0 aromatic heterocycles. The number of carbonyl (C=O) groups excluding carboxylic acids is 1. The number of amides is 1. The van der Waals surface area contributed by atoms with Crippen LogP contribution in [0.2, 0.25) is 0 Å². The summed E-state index contributed by atoms with van der Waals surface area (Å²) in [6.45, 7) is 2.92. The summed E-state index contributed by atoms with van der Waals surface area (Å²) < 4.78 is 12.3. The minimum absolute atomic E-state index is 0.0309. The molecule has 22 heavy (non-hydrogen) atoms. The number of hydrogen-bond acceptors (Lipinski definition) is 4. The lowest BCUT2D eigenvalue weighted by molar-refractivity contribution is -0.136. The summed E-state index contributed by atoms with van der Waals surface area (Å²) in [7, 11) is 0. The highest BCUT2D eigenvalue weighted by Crippen LogP contribution is 2.17. The lowest BCUT2D eigenvalue weighted by atomic mass is 10.1. The Morgan fingerprint density at radius 1 is 1.27 bits per heavy atom. The minimum atomic E-state index is 0.0309. The van der Waals surface area contributed by atoms with Gasteiger partial charge in [0.05, 0.1) is 6.10 Å². The molecule has 2 N–H and O–H groups in total. The van der Waals surface area contributed by atoms with E-state index in [9.17, 15) is 4.79 Å². The van der Waals surface area contributed by atoms with Crippen molar-refractivity contribution in [2.24, 2.45) is 5.73 Å². The van der Waals surface area contributed by atoms with Crippen molar-refractivity contribution in [3.05, 3.63) is 28.7 Å². The fraction of sp³-hybridized carbons (Fsp3) is 0.562. The zero-order valence-corrected chi connectivity index (χ0v) is 14.3. The van der Waals surface area contributed by atoms with Crippen molar-refractivity contribution in [3.63, 3.8) is 0 Å². The van der Waals surface area contributed by atoms with Crippen molar-refractivity contribution < 1.29 is 14.3 Å². The van der Waals surface area contributed by atoms with Gasteiger partial charge in [-0.05, 0) is 50.1 Å². The normalized spacial score (nSPS) is 15.8. The summed E-state index contributed by atoms with van der Waals surface area (Å²) in [6.07, 6.45) is 2.91.